The van der Waals surface area contributed by atoms with E-state index in [9.17, 15) is 4.79 Å². The molecule has 0 bridgehead atoms. The molecule has 7 heteroatoms. The molecule has 0 aliphatic heterocycles. The smallest absolute Gasteiger partial charge is 0.217 e. The SMILES string of the molecule is COc1ccc(CN(Cc2ccc(OC)cc2)c2nc3cc(CNC(C)=O)[nH]c3cc2C)cc1. The second kappa shape index (κ2) is 10.3. The van der Waals surface area contributed by atoms with Crippen LogP contribution in [0.4, 0.5) is 5.82 Å². The number of fused-ring (bicyclic) bond motifs is 1. The lowest BCUT2D eigenvalue weighted by Gasteiger charge is -2.26. The topological polar surface area (TPSA) is 79.5 Å². The summed E-state index contributed by atoms with van der Waals surface area (Å²) in [5, 5.41) is 2.83. The van der Waals surface area contributed by atoms with Crippen LogP contribution in [0.1, 0.15) is 29.3 Å². The molecule has 1 amide bonds. The first-order valence-electron chi connectivity index (χ1n) is 11.2. The summed E-state index contributed by atoms with van der Waals surface area (Å²) in [5.74, 6) is 2.53. The molecule has 0 unspecified atom stereocenters. The van der Waals surface area contributed by atoms with Crippen LogP contribution in [0.3, 0.4) is 0 Å². The van der Waals surface area contributed by atoms with Crippen molar-refractivity contribution in [1.82, 2.24) is 15.3 Å². The second-order valence-electron chi connectivity index (χ2n) is 8.32. The fourth-order valence-corrected chi connectivity index (χ4v) is 3.95. The summed E-state index contributed by atoms with van der Waals surface area (Å²) in [6.45, 7) is 5.42. The van der Waals surface area contributed by atoms with E-state index in [-0.39, 0.29) is 5.91 Å². The number of ether oxygens (including phenoxy) is 2. The van der Waals surface area contributed by atoms with Crippen molar-refractivity contribution in [2.24, 2.45) is 0 Å². The number of aromatic nitrogens is 2. The van der Waals surface area contributed by atoms with Gasteiger partial charge in [0, 0.05) is 25.7 Å². The van der Waals surface area contributed by atoms with Gasteiger partial charge in [0.05, 0.1) is 31.8 Å². The quantitative estimate of drug-likeness (QED) is 0.379. The average molecular weight is 459 g/mol. The van der Waals surface area contributed by atoms with Crippen LogP contribution < -0.4 is 19.7 Å². The number of aromatic amines is 1. The van der Waals surface area contributed by atoms with Crippen molar-refractivity contribution in [2.75, 3.05) is 19.1 Å². The lowest BCUT2D eigenvalue weighted by Crippen LogP contribution is -2.24. The minimum absolute atomic E-state index is 0.0614. The van der Waals surface area contributed by atoms with Crippen molar-refractivity contribution in [1.29, 1.82) is 0 Å². The lowest BCUT2D eigenvalue weighted by molar-refractivity contribution is -0.119. The first-order chi connectivity index (χ1) is 16.4. The van der Waals surface area contributed by atoms with Crippen LogP contribution in [0, 0.1) is 6.92 Å². The molecule has 0 saturated carbocycles. The van der Waals surface area contributed by atoms with Gasteiger partial charge in [-0.3, -0.25) is 4.79 Å². The maximum absolute atomic E-state index is 11.3. The van der Waals surface area contributed by atoms with Gasteiger partial charge in [-0.1, -0.05) is 24.3 Å². The highest BCUT2D eigenvalue weighted by atomic mass is 16.5. The zero-order valence-electron chi connectivity index (χ0n) is 20.0. The Hall–Kier alpha value is -4.00. The van der Waals surface area contributed by atoms with Crippen LogP contribution in [0.25, 0.3) is 11.0 Å². The number of nitrogens with one attached hydrogen (secondary N) is 2. The molecular weight excluding hydrogens is 428 g/mol. The third kappa shape index (κ3) is 5.49. The zero-order chi connectivity index (χ0) is 24.1. The van der Waals surface area contributed by atoms with E-state index < -0.39 is 0 Å². The van der Waals surface area contributed by atoms with Gasteiger partial charge in [0.1, 0.15) is 17.3 Å². The van der Waals surface area contributed by atoms with E-state index in [0.717, 1.165) is 50.7 Å². The fourth-order valence-electron chi connectivity index (χ4n) is 3.95. The van der Waals surface area contributed by atoms with Crippen molar-refractivity contribution in [3.8, 4) is 11.5 Å². The highest BCUT2D eigenvalue weighted by molar-refractivity contribution is 5.80. The van der Waals surface area contributed by atoms with E-state index in [1.165, 1.54) is 6.92 Å². The van der Waals surface area contributed by atoms with Gasteiger partial charge in [0.15, 0.2) is 0 Å². The summed E-state index contributed by atoms with van der Waals surface area (Å²) < 4.78 is 10.6. The summed E-state index contributed by atoms with van der Waals surface area (Å²) in [7, 11) is 3.34. The molecule has 4 rings (SSSR count). The molecule has 2 N–H and O–H groups in total. The first-order valence-corrected chi connectivity index (χ1v) is 11.2. The van der Waals surface area contributed by atoms with Crippen LogP contribution in [0.2, 0.25) is 0 Å². The minimum atomic E-state index is -0.0614. The van der Waals surface area contributed by atoms with Gasteiger partial charge in [-0.25, -0.2) is 4.98 Å². The Balaban J connectivity index is 1.67. The Labute approximate surface area is 199 Å². The standard InChI is InChI=1S/C27H30N4O3/c1-18-13-25-26(14-22(29-25)15-28-19(2)32)30-27(18)31(16-20-5-9-23(33-3)10-6-20)17-21-7-11-24(34-4)12-8-21/h5-14,29H,15-17H2,1-4H3,(H,28,32). The number of benzene rings is 2. The number of rotatable bonds is 9. The summed E-state index contributed by atoms with van der Waals surface area (Å²) >= 11 is 0. The molecule has 0 spiro atoms. The Kier molecular flexibility index (Phi) is 7.01. The third-order valence-electron chi connectivity index (χ3n) is 5.71. The largest absolute Gasteiger partial charge is 0.497 e. The monoisotopic (exact) mass is 458 g/mol. The van der Waals surface area contributed by atoms with Gasteiger partial charge in [-0.05, 0) is 60.0 Å². The maximum atomic E-state index is 11.3. The van der Waals surface area contributed by atoms with E-state index in [1.54, 1.807) is 14.2 Å². The predicted molar refractivity (Wildman–Crippen MR) is 134 cm³/mol. The van der Waals surface area contributed by atoms with E-state index in [1.807, 2.05) is 30.3 Å². The molecule has 0 atom stereocenters. The van der Waals surface area contributed by atoms with Crippen LogP contribution >= 0.6 is 0 Å². The van der Waals surface area contributed by atoms with Crippen molar-refractivity contribution < 1.29 is 14.3 Å². The van der Waals surface area contributed by atoms with Crippen LogP contribution in [0.15, 0.2) is 60.7 Å². The number of carbonyl (C=O) groups is 1. The number of nitrogens with zero attached hydrogens (tertiary/aromatic N) is 2. The lowest BCUT2D eigenvalue weighted by atomic mass is 10.1. The van der Waals surface area contributed by atoms with Gasteiger partial charge < -0.3 is 24.7 Å². The normalized spacial score (nSPS) is 10.8. The summed E-state index contributed by atoms with van der Waals surface area (Å²) in [6, 6.07) is 20.3. The molecule has 34 heavy (non-hydrogen) atoms. The van der Waals surface area contributed by atoms with E-state index in [0.29, 0.717) is 19.6 Å². The van der Waals surface area contributed by atoms with Gasteiger partial charge in [-0.2, -0.15) is 0 Å². The number of methoxy groups -OCH3 is 2. The molecule has 0 fully saturated rings. The summed E-state index contributed by atoms with van der Waals surface area (Å²) in [4.78, 5) is 21.9. The van der Waals surface area contributed by atoms with Gasteiger partial charge in [0.2, 0.25) is 5.91 Å². The zero-order valence-corrected chi connectivity index (χ0v) is 20.0. The highest BCUT2D eigenvalue weighted by Gasteiger charge is 2.16. The molecule has 2 heterocycles. The van der Waals surface area contributed by atoms with Gasteiger partial charge >= 0.3 is 0 Å². The minimum Gasteiger partial charge on any atom is -0.497 e. The van der Waals surface area contributed by atoms with Crippen molar-refractivity contribution in [3.63, 3.8) is 0 Å². The van der Waals surface area contributed by atoms with Gasteiger partial charge in [-0.15, -0.1) is 0 Å². The third-order valence-corrected chi connectivity index (χ3v) is 5.71. The summed E-state index contributed by atoms with van der Waals surface area (Å²) in [5.41, 5.74) is 6.14. The Morgan fingerprint density at radius 2 is 1.50 bits per heavy atom. The second-order valence-corrected chi connectivity index (χ2v) is 8.32. The van der Waals surface area contributed by atoms with Crippen LogP contribution in [-0.4, -0.2) is 30.1 Å². The Morgan fingerprint density at radius 1 is 0.941 bits per heavy atom. The Bertz CT molecular complexity index is 1210. The number of aryl methyl sites for hydroxylation is 1. The molecule has 4 aromatic rings. The van der Waals surface area contributed by atoms with Crippen LogP contribution in [-0.2, 0) is 24.4 Å². The molecule has 7 nitrogen and oxygen atoms in total. The molecule has 0 saturated heterocycles. The van der Waals surface area contributed by atoms with Crippen molar-refractivity contribution in [2.45, 2.75) is 33.5 Å². The highest BCUT2D eigenvalue weighted by Crippen LogP contribution is 2.27. The number of carbonyl (C=O) groups excluding carboxylic acids is 1. The molecule has 0 radical (unpaired) electrons. The van der Waals surface area contributed by atoms with E-state index in [2.05, 4.69) is 52.5 Å². The van der Waals surface area contributed by atoms with Gasteiger partial charge in [0.25, 0.3) is 0 Å². The molecule has 2 aromatic heterocycles. The molecule has 0 aliphatic carbocycles. The number of amides is 1. The summed E-state index contributed by atoms with van der Waals surface area (Å²) in [6.07, 6.45) is 0. The number of anilines is 1. The predicted octanol–water partition coefficient (Wildman–Crippen LogP) is 4.73. The first kappa shape index (κ1) is 23.2. The van der Waals surface area contributed by atoms with Crippen molar-refractivity contribution >= 4 is 22.8 Å². The fraction of sp³-hybridized carbons (Fsp3) is 0.259. The Morgan fingerprint density at radius 3 is 2.00 bits per heavy atom. The number of H-pyrrole nitrogens is 1. The van der Waals surface area contributed by atoms with E-state index >= 15 is 0 Å². The number of hydrogen-bond acceptors (Lipinski definition) is 5. The molecule has 176 valence electrons. The molecule has 0 aliphatic rings. The molecular formula is C27H30N4O3. The number of hydrogen-bond donors (Lipinski definition) is 2. The molecule has 2 aromatic carbocycles. The van der Waals surface area contributed by atoms with Crippen molar-refractivity contribution in [3.05, 3.63) is 83.0 Å². The maximum Gasteiger partial charge on any atom is 0.217 e. The van der Waals surface area contributed by atoms with E-state index in [4.69, 9.17) is 14.5 Å². The average Bonchev–Trinajstić information content (AvgIpc) is 3.24. The van der Waals surface area contributed by atoms with Crippen LogP contribution in [0.5, 0.6) is 11.5 Å². The number of pyridine rings is 1.